The topological polar surface area (TPSA) is 97.0 Å². The van der Waals surface area contributed by atoms with Crippen molar-refractivity contribution in [2.24, 2.45) is 0 Å². The van der Waals surface area contributed by atoms with Gasteiger partial charge in [0.2, 0.25) is 5.71 Å². The summed E-state index contributed by atoms with van der Waals surface area (Å²) in [7, 11) is 0. The molecule has 1 saturated heterocycles. The molecule has 0 unspecified atom stereocenters. The van der Waals surface area contributed by atoms with Crippen molar-refractivity contribution in [3.8, 4) is 0 Å². The third-order valence-electron chi connectivity index (χ3n) is 4.48. The average molecular weight is 327 g/mol. The van der Waals surface area contributed by atoms with E-state index in [9.17, 15) is 9.59 Å². The first-order chi connectivity index (χ1) is 11.6. The molecule has 3 aromatic heterocycles. The van der Waals surface area contributed by atoms with Gasteiger partial charge in [-0.3, -0.25) is 14.3 Å². The number of aryl methyl sites for hydroxylation is 1. The van der Waals surface area contributed by atoms with Gasteiger partial charge in [-0.2, -0.15) is 5.10 Å². The van der Waals surface area contributed by atoms with E-state index in [2.05, 4.69) is 15.1 Å². The van der Waals surface area contributed by atoms with Crippen LogP contribution in [0.3, 0.4) is 0 Å². The number of amides is 1. The smallest absolute Gasteiger partial charge is 0.262 e. The number of hydrogen-bond donors (Lipinski definition) is 1. The van der Waals surface area contributed by atoms with Gasteiger partial charge in [-0.1, -0.05) is 0 Å². The van der Waals surface area contributed by atoms with Gasteiger partial charge in [-0.25, -0.2) is 4.98 Å². The molecule has 124 valence electrons. The number of furan rings is 1. The van der Waals surface area contributed by atoms with Crippen LogP contribution >= 0.6 is 0 Å². The van der Waals surface area contributed by atoms with Crippen molar-refractivity contribution in [3.63, 3.8) is 0 Å². The van der Waals surface area contributed by atoms with Crippen LogP contribution in [0.1, 0.15) is 29.0 Å². The van der Waals surface area contributed by atoms with Gasteiger partial charge >= 0.3 is 0 Å². The lowest BCUT2D eigenvalue weighted by Gasteiger charge is -2.24. The van der Waals surface area contributed by atoms with Gasteiger partial charge in [0.05, 0.1) is 24.5 Å². The Hall–Kier alpha value is -2.90. The predicted molar refractivity (Wildman–Crippen MR) is 85.7 cm³/mol. The van der Waals surface area contributed by atoms with Crippen molar-refractivity contribution in [1.82, 2.24) is 24.6 Å². The van der Waals surface area contributed by atoms with Crippen LogP contribution < -0.4 is 5.56 Å². The van der Waals surface area contributed by atoms with E-state index in [0.717, 1.165) is 12.8 Å². The zero-order valence-corrected chi connectivity index (χ0v) is 13.2. The third kappa shape index (κ3) is 2.31. The van der Waals surface area contributed by atoms with Gasteiger partial charge in [-0.15, -0.1) is 0 Å². The van der Waals surface area contributed by atoms with Gasteiger partial charge in [0.25, 0.3) is 11.5 Å². The van der Waals surface area contributed by atoms with Crippen molar-refractivity contribution in [2.75, 3.05) is 6.54 Å². The third-order valence-corrected chi connectivity index (χ3v) is 4.48. The molecule has 24 heavy (non-hydrogen) atoms. The molecule has 8 heteroatoms. The normalized spacial score (nSPS) is 17.7. The minimum Gasteiger partial charge on any atom is -0.442 e. The van der Waals surface area contributed by atoms with Crippen LogP contribution in [0.25, 0.3) is 11.1 Å². The average Bonchev–Trinajstić information content (AvgIpc) is 3.27. The first kappa shape index (κ1) is 14.7. The minimum absolute atomic E-state index is 0.0532. The van der Waals surface area contributed by atoms with Crippen LogP contribution in [0, 0.1) is 6.92 Å². The molecule has 0 bridgehead atoms. The number of fused-ring (bicyclic) bond motifs is 1. The number of likely N-dealkylation sites (tertiary alicyclic amines) is 1. The van der Waals surface area contributed by atoms with Crippen LogP contribution in [0.4, 0.5) is 0 Å². The largest absolute Gasteiger partial charge is 0.442 e. The Balaban J connectivity index is 1.70. The molecule has 1 aliphatic heterocycles. The van der Waals surface area contributed by atoms with Crippen molar-refractivity contribution >= 4 is 17.0 Å². The number of nitrogens with zero attached hydrogens (tertiary/aromatic N) is 4. The molecule has 3 aromatic rings. The maximum atomic E-state index is 13.1. The van der Waals surface area contributed by atoms with Crippen LogP contribution in [0.5, 0.6) is 0 Å². The summed E-state index contributed by atoms with van der Waals surface area (Å²) in [5.41, 5.74) is 0.150. The molecule has 4 heterocycles. The molecule has 1 amide bonds. The monoisotopic (exact) mass is 327 g/mol. The van der Waals surface area contributed by atoms with E-state index in [1.807, 2.05) is 21.8 Å². The molecule has 8 nitrogen and oxygen atoms in total. The summed E-state index contributed by atoms with van der Waals surface area (Å²) < 4.78 is 7.33. The molecule has 0 aliphatic carbocycles. The molecule has 0 spiro atoms. The van der Waals surface area contributed by atoms with E-state index >= 15 is 0 Å². The second-order valence-corrected chi connectivity index (χ2v) is 5.97. The number of aromatic nitrogens is 4. The number of H-pyrrole nitrogens is 1. The summed E-state index contributed by atoms with van der Waals surface area (Å²) in [5, 5.41) is 4.44. The zero-order valence-electron chi connectivity index (χ0n) is 13.2. The van der Waals surface area contributed by atoms with E-state index in [1.54, 1.807) is 13.1 Å². The number of rotatable bonds is 3. The molecule has 4 rings (SSSR count). The summed E-state index contributed by atoms with van der Waals surface area (Å²) in [4.78, 5) is 33.5. The molecule has 1 fully saturated rings. The SMILES string of the molecule is Cc1oc2nc[nH]c(=O)c2c1C(=O)N1CCC[C@H]1Cn1cccn1. The fourth-order valence-corrected chi connectivity index (χ4v) is 3.37. The van der Waals surface area contributed by atoms with Gasteiger partial charge in [0.1, 0.15) is 11.1 Å². The summed E-state index contributed by atoms with van der Waals surface area (Å²) >= 11 is 0. The Labute approximate surface area is 137 Å². The lowest BCUT2D eigenvalue weighted by molar-refractivity contribution is 0.0721. The molecule has 0 saturated carbocycles. The number of carbonyl (C=O) groups excluding carboxylic acids is 1. The Morgan fingerprint density at radius 2 is 2.38 bits per heavy atom. The molecule has 1 aliphatic rings. The van der Waals surface area contributed by atoms with Crippen LogP contribution in [0.15, 0.2) is 34.0 Å². The first-order valence-electron chi connectivity index (χ1n) is 7.90. The van der Waals surface area contributed by atoms with Crippen molar-refractivity contribution < 1.29 is 9.21 Å². The Bertz CT molecular complexity index is 940. The standard InChI is InChI=1S/C16H17N5O3/c1-10-12(13-14(22)17-9-18-15(13)24-10)16(23)21-7-2-4-11(21)8-20-6-3-5-19-20/h3,5-6,9,11H,2,4,7-8H2,1H3,(H,17,18,22)/t11-/m0/s1. The number of aromatic amines is 1. The molecule has 0 radical (unpaired) electrons. The van der Waals surface area contributed by atoms with Gasteiger partial charge in [0.15, 0.2) is 0 Å². The summed E-state index contributed by atoms with van der Waals surface area (Å²) in [6, 6.07) is 1.91. The van der Waals surface area contributed by atoms with Crippen molar-refractivity contribution in [3.05, 3.63) is 46.5 Å². The highest BCUT2D eigenvalue weighted by Gasteiger charge is 2.33. The Morgan fingerprint density at radius 1 is 1.50 bits per heavy atom. The maximum Gasteiger partial charge on any atom is 0.262 e. The lowest BCUT2D eigenvalue weighted by atomic mass is 10.1. The van der Waals surface area contributed by atoms with Gasteiger partial charge < -0.3 is 14.3 Å². The predicted octanol–water partition coefficient (Wildman–Crippen LogP) is 1.33. The second-order valence-electron chi connectivity index (χ2n) is 5.97. The highest BCUT2D eigenvalue weighted by atomic mass is 16.3. The van der Waals surface area contributed by atoms with E-state index in [4.69, 9.17) is 4.42 Å². The molecule has 1 N–H and O–H groups in total. The van der Waals surface area contributed by atoms with Crippen LogP contribution in [0.2, 0.25) is 0 Å². The number of hydrogen-bond acceptors (Lipinski definition) is 5. The summed E-state index contributed by atoms with van der Waals surface area (Å²) in [6.45, 7) is 2.99. The van der Waals surface area contributed by atoms with E-state index in [0.29, 0.717) is 24.4 Å². The highest BCUT2D eigenvalue weighted by molar-refractivity contribution is 6.06. The molecule has 0 aromatic carbocycles. The molecular formula is C16H17N5O3. The zero-order chi connectivity index (χ0) is 16.7. The quantitative estimate of drug-likeness (QED) is 0.782. The van der Waals surface area contributed by atoms with Crippen LogP contribution in [-0.4, -0.2) is 43.1 Å². The van der Waals surface area contributed by atoms with E-state index < -0.39 is 0 Å². The Morgan fingerprint density at radius 3 is 3.17 bits per heavy atom. The van der Waals surface area contributed by atoms with Gasteiger partial charge in [0, 0.05) is 18.9 Å². The van der Waals surface area contributed by atoms with Crippen molar-refractivity contribution in [2.45, 2.75) is 32.4 Å². The first-order valence-corrected chi connectivity index (χ1v) is 7.90. The summed E-state index contributed by atoms with van der Waals surface area (Å²) in [5.74, 6) is 0.239. The molecule has 1 atom stereocenters. The lowest BCUT2D eigenvalue weighted by Crippen LogP contribution is -2.38. The maximum absolute atomic E-state index is 13.1. The fraction of sp³-hybridized carbons (Fsp3) is 0.375. The van der Waals surface area contributed by atoms with E-state index in [-0.39, 0.29) is 28.6 Å². The second kappa shape index (κ2) is 5.63. The van der Waals surface area contributed by atoms with Crippen molar-refractivity contribution in [1.29, 1.82) is 0 Å². The number of nitrogens with one attached hydrogen (secondary N) is 1. The fourth-order valence-electron chi connectivity index (χ4n) is 3.37. The highest BCUT2D eigenvalue weighted by Crippen LogP contribution is 2.27. The summed E-state index contributed by atoms with van der Waals surface area (Å²) in [6.07, 6.45) is 6.72. The van der Waals surface area contributed by atoms with Crippen LogP contribution in [-0.2, 0) is 6.54 Å². The minimum atomic E-state index is -0.358. The number of carbonyl (C=O) groups is 1. The Kier molecular flexibility index (Phi) is 3.44. The van der Waals surface area contributed by atoms with E-state index in [1.165, 1.54) is 6.33 Å². The van der Waals surface area contributed by atoms with Gasteiger partial charge in [-0.05, 0) is 25.8 Å². The molecular weight excluding hydrogens is 310 g/mol.